The lowest BCUT2D eigenvalue weighted by molar-refractivity contribution is -0.137. The Morgan fingerprint density at radius 2 is 1.81 bits per heavy atom. The van der Waals surface area contributed by atoms with Crippen molar-refractivity contribution >= 4 is 17.0 Å². The maximum Gasteiger partial charge on any atom is 0.416 e. The Hall–Kier alpha value is -2.57. The van der Waals surface area contributed by atoms with E-state index in [0.717, 1.165) is 42.8 Å². The first-order valence-electron chi connectivity index (χ1n) is 8.99. The number of alkyl halides is 3. The van der Waals surface area contributed by atoms with Crippen molar-refractivity contribution in [3.8, 4) is 0 Å². The molecule has 27 heavy (non-hydrogen) atoms. The van der Waals surface area contributed by atoms with Crippen LogP contribution in [0.5, 0.6) is 0 Å². The number of rotatable bonds is 4. The summed E-state index contributed by atoms with van der Waals surface area (Å²) in [5, 5.41) is 3.23. The van der Waals surface area contributed by atoms with Gasteiger partial charge in [0.15, 0.2) is 0 Å². The van der Waals surface area contributed by atoms with Crippen molar-refractivity contribution in [2.45, 2.75) is 37.9 Å². The molecule has 0 radical (unpaired) electrons. The fourth-order valence-electron chi connectivity index (χ4n) is 3.89. The van der Waals surface area contributed by atoms with Crippen molar-refractivity contribution in [2.75, 3.05) is 5.32 Å². The van der Waals surface area contributed by atoms with E-state index in [1.165, 1.54) is 6.07 Å². The molecule has 1 aliphatic rings. The molecule has 1 unspecified atom stereocenters. The van der Waals surface area contributed by atoms with Gasteiger partial charge in [-0.15, -0.1) is 0 Å². The van der Waals surface area contributed by atoms with E-state index < -0.39 is 23.6 Å². The van der Waals surface area contributed by atoms with Crippen LogP contribution in [0.15, 0.2) is 42.5 Å². The number of para-hydroxylation sites is 2. The zero-order valence-corrected chi connectivity index (χ0v) is 14.5. The summed E-state index contributed by atoms with van der Waals surface area (Å²) in [6, 6.07) is 9.80. The second-order valence-corrected chi connectivity index (χ2v) is 7.04. The third kappa shape index (κ3) is 3.77. The number of hydrogen-bond acceptors (Lipinski definition) is 2. The van der Waals surface area contributed by atoms with Crippen LogP contribution in [0, 0.1) is 11.7 Å². The lowest BCUT2D eigenvalue weighted by atomic mass is 9.90. The van der Waals surface area contributed by atoms with Crippen molar-refractivity contribution in [3.05, 3.63) is 59.4 Å². The van der Waals surface area contributed by atoms with Crippen molar-refractivity contribution in [1.29, 1.82) is 0 Å². The molecule has 0 bridgehead atoms. The Morgan fingerprint density at radius 1 is 1.07 bits per heavy atom. The minimum absolute atomic E-state index is 0.126. The number of anilines is 1. The van der Waals surface area contributed by atoms with Crippen molar-refractivity contribution in [1.82, 2.24) is 9.97 Å². The predicted octanol–water partition coefficient (Wildman–Crippen LogP) is 6.06. The van der Waals surface area contributed by atoms with Crippen LogP contribution in [-0.2, 0) is 6.18 Å². The number of H-pyrrole nitrogens is 1. The molecule has 3 aromatic rings. The smallest absolute Gasteiger partial charge is 0.349 e. The number of halogens is 4. The molecule has 1 heterocycles. The highest BCUT2D eigenvalue weighted by atomic mass is 19.4. The highest BCUT2D eigenvalue weighted by Crippen LogP contribution is 2.40. The van der Waals surface area contributed by atoms with E-state index in [-0.39, 0.29) is 5.92 Å². The number of hydrogen-bond donors (Lipinski definition) is 2. The SMILES string of the molecule is Fc1cc(C(Nc2nc3ccccc3[nH]2)C2CCCC2)cc(C(F)(F)F)c1. The molecule has 1 saturated carbocycles. The van der Waals surface area contributed by atoms with Crippen LogP contribution < -0.4 is 5.32 Å². The molecular formula is C20H19F4N3. The van der Waals surface area contributed by atoms with Gasteiger partial charge in [0, 0.05) is 0 Å². The Bertz CT molecular complexity index is 909. The zero-order chi connectivity index (χ0) is 19.0. The first-order valence-corrected chi connectivity index (χ1v) is 8.99. The van der Waals surface area contributed by atoms with E-state index >= 15 is 0 Å². The van der Waals surface area contributed by atoms with Crippen LogP contribution in [0.4, 0.5) is 23.5 Å². The number of imidazole rings is 1. The first-order chi connectivity index (χ1) is 12.9. The molecule has 2 N–H and O–H groups in total. The lowest BCUT2D eigenvalue weighted by Gasteiger charge is -2.26. The lowest BCUT2D eigenvalue weighted by Crippen LogP contribution is -2.21. The minimum Gasteiger partial charge on any atom is -0.349 e. The largest absolute Gasteiger partial charge is 0.416 e. The summed E-state index contributed by atoms with van der Waals surface area (Å²) in [4.78, 5) is 7.60. The molecule has 1 atom stereocenters. The summed E-state index contributed by atoms with van der Waals surface area (Å²) in [7, 11) is 0. The van der Waals surface area contributed by atoms with Gasteiger partial charge in [0.2, 0.25) is 5.95 Å². The number of aromatic amines is 1. The maximum atomic E-state index is 14.0. The van der Waals surface area contributed by atoms with E-state index in [4.69, 9.17) is 0 Å². The minimum atomic E-state index is -4.59. The highest BCUT2D eigenvalue weighted by molar-refractivity contribution is 5.77. The van der Waals surface area contributed by atoms with Gasteiger partial charge in [-0.05, 0) is 54.7 Å². The van der Waals surface area contributed by atoms with Crippen LogP contribution in [0.2, 0.25) is 0 Å². The maximum absolute atomic E-state index is 14.0. The van der Waals surface area contributed by atoms with Gasteiger partial charge in [-0.1, -0.05) is 25.0 Å². The molecule has 4 rings (SSSR count). The van der Waals surface area contributed by atoms with Crippen LogP contribution in [0.3, 0.4) is 0 Å². The quantitative estimate of drug-likeness (QED) is 0.542. The van der Waals surface area contributed by atoms with Gasteiger partial charge >= 0.3 is 6.18 Å². The monoisotopic (exact) mass is 377 g/mol. The third-order valence-electron chi connectivity index (χ3n) is 5.16. The van der Waals surface area contributed by atoms with E-state index in [9.17, 15) is 17.6 Å². The van der Waals surface area contributed by atoms with Gasteiger partial charge in [0.05, 0.1) is 22.6 Å². The molecular weight excluding hydrogens is 358 g/mol. The highest BCUT2D eigenvalue weighted by Gasteiger charge is 2.34. The van der Waals surface area contributed by atoms with Gasteiger partial charge in [0.25, 0.3) is 0 Å². The molecule has 1 fully saturated rings. The van der Waals surface area contributed by atoms with Crippen LogP contribution in [0.1, 0.15) is 42.9 Å². The third-order valence-corrected chi connectivity index (χ3v) is 5.16. The summed E-state index contributed by atoms with van der Waals surface area (Å²) in [6.07, 6.45) is -0.781. The summed E-state index contributed by atoms with van der Waals surface area (Å²) in [5.74, 6) is -0.277. The van der Waals surface area contributed by atoms with Crippen LogP contribution in [-0.4, -0.2) is 9.97 Å². The van der Waals surface area contributed by atoms with E-state index in [0.29, 0.717) is 17.6 Å². The van der Waals surface area contributed by atoms with Gasteiger partial charge in [-0.3, -0.25) is 0 Å². The molecule has 2 aromatic carbocycles. The molecule has 0 amide bonds. The van der Waals surface area contributed by atoms with Gasteiger partial charge in [-0.2, -0.15) is 13.2 Å². The molecule has 0 saturated heterocycles. The Labute approximate surface area is 153 Å². The molecule has 7 heteroatoms. The molecule has 3 nitrogen and oxygen atoms in total. The second-order valence-electron chi connectivity index (χ2n) is 7.04. The van der Waals surface area contributed by atoms with Crippen LogP contribution in [0.25, 0.3) is 11.0 Å². The van der Waals surface area contributed by atoms with E-state index in [1.54, 1.807) is 0 Å². The zero-order valence-electron chi connectivity index (χ0n) is 14.5. The van der Waals surface area contributed by atoms with Gasteiger partial charge in [0.1, 0.15) is 5.82 Å². The number of fused-ring (bicyclic) bond motifs is 1. The van der Waals surface area contributed by atoms with Crippen molar-refractivity contribution in [2.24, 2.45) is 5.92 Å². The molecule has 1 aromatic heterocycles. The molecule has 142 valence electrons. The fraction of sp³-hybridized carbons (Fsp3) is 0.350. The Balaban J connectivity index is 1.72. The average molecular weight is 377 g/mol. The Morgan fingerprint density at radius 3 is 2.52 bits per heavy atom. The molecule has 0 spiro atoms. The Kier molecular flexibility index (Phi) is 4.53. The van der Waals surface area contributed by atoms with Crippen LogP contribution >= 0.6 is 0 Å². The van der Waals surface area contributed by atoms with Crippen molar-refractivity contribution < 1.29 is 17.6 Å². The standard InChI is InChI=1S/C20H19F4N3/c21-15-10-13(9-14(11-15)20(22,23)24)18(12-5-1-2-6-12)27-19-25-16-7-3-4-8-17(16)26-19/h3-4,7-12,18H,1-2,5-6H2,(H2,25,26,27). The van der Waals surface area contributed by atoms with E-state index in [2.05, 4.69) is 15.3 Å². The number of nitrogens with one attached hydrogen (secondary N) is 2. The van der Waals surface area contributed by atoms with Crippen molar-refractivity contribution in [3.63, 3.8) is 0 Å². The van der Waals surface area contributed by atoms with E-state index in [1.807, 2.05) is 24.3 Å². The summed E-state index contributed by atoms with van der Waals surface area (Å²) in [5.41, 5.74) is 0.933. The fourth-order valence-corrected chi connectivity index (χ4v) is 3.89. The normalized spacial score (nSPS) is 16.7. The summed E-state index contributed by atoms with van der Waals surface area (Å²) >= 11 is 0. The summed E-state index contributed by atoms with van der Waals surface area (Å²) in [6.45, 7) is 0. The number of aromatic nitrogens is 2. The summed E-state index contributed by atoms with van der Waals surface area (Å²) < 4.78 is 53.4. The number of nitrogens with zero attached hydrogens (tertiary/aromatic N) is 1. The average Bonchev–Trinajstić information content (AvgIpc) is 3.27. The topological polar surface area (TPSA) is 40.7 Å². The molecule has 1 aliphatic carbocycles. The molecule has 0 aliphatic heterocycles. The first kappa shape index (κ1) is 17.8. The number of benzene rings is 2. The van der Waals surface area contributed by atoms with Gasteiger partial charge < -0.3 is 10.3 Å². The second kappa shape index (κ2) is 6.87. The van der Waals surface area contributed by atoms with Gasteiger partial charge in [-0.25, -0.2) is 9.37 Å². The predicted molar refractivity (Wildman–Crippen MR) is 95.8 cm³/mol.